The van der Waals surface area contributed by atoms with Crippen molar-refractivity contribution < 1.29 is 14.3 Å². The topological polar surface area (TPSA) is 75.6 Å². The molecule has 170 valence electrons. The normalized spacial score (nSPS) is 16.8. The summed E-state index contributed by atoms with van der Waals surface area (Å²) in [6.07, 6.45) is 4.73. The molecule has 0 radical (unpaired) electrons. The Morgan fingerprint density at radius 1 is 1.24 bits per heavy atom. The van der Waals surface area contributed by atoms with Gasteiger partial charge in [-0.1, -0.05) is 17.7 Å². The lowest BCUT2D eigenvalue weighted by Gasteiger charge is -2.46. The van der Waals surface area contributed by atoms with Crippen LogP contribution in [0.2, 0.25) is 5.02 Å². The van der Waals surface area contributed by atoms with Crippen molar-refractivity contribution in [1.82, 2.24) is 14.9 Å². The number of rotatable bonds is 2. The Morgan fingerprint density at radius 2 is 2.00 bits per heavy atom. The van der Waals surface area contributed by atoms with E-state index in [9.17, 15) is 9.59 Å². The van der Waals surface area contributed by atoms with Gasteiger partial charge in [0, 0.05) is 40.4 Å². The van der Waals surface area contributed by atoms with Crippen molar-refractivity contribution in [3.8, 4) is 0 Å². The zero-order valence-electron chi connectivity index (χ0n) is 18.4. The van der Waals surface area contributed by atoms with Crippen LogP contribution in [0.1, 0.15) is 32.0 Å². The van der Waals surface area contributed by atoms with E-state index in [0.717, 1.165) is 32.2 Å². The smallest absolute Gasteiger partial charge is 0.410 e. The fourth-order valence-corrected chi connectivity index (χ4v) is 5.24. The maximum atomic E-state index is 13.7. The molecule has 7 nitrogen and oxygen atoms in total. The fraction of sp³-hybridized carbons (Fsp3) is 0.333. The number of pyridine rings is 2. The summed E-state index contributed by atoms with van der Waals surface area (Å²) in [4.78, 5) is 38.3. The number of fused-ring (bicyclic) bond motifs is 3. The van der Waals surface area contributed by atoms with Crippen molar-refractivity contribution >= 4 is 56.0 Å². The molecule has 33 heavy (non-hydrogen) atoms. The third kappa shape index (κ3) is 3.65. The second-order valence-corrected chi connectivity index (χ2v) is 10.7. The first-order chi connectivity index (χ1) is 15.6. The molecule has 4 heterocycles. The minimum Gasteiger partial charge on any atom is -0.444 e. The van der Waals surface area contributed by atoms with Crippen LogP contribution in [0, 0.1) is 0 Å². The third-order valence-electron chi connectivity index (χ3n) is 6.00. The molecule has 0 unspecified atom stereocenters. The summed E-state index contributed by atoms with van der Waals surface area (Å²) >= 11 is 9.77. The number of likely N-dealkylation sites (tertiary alicyclic amines) is 1. The Balaban J connectivity index is 1.45. The number of aromatic nitrogens is 2. The highest BCUT2D eigenvalue weighted by atomic mass is 79.9. The van der Waals surface area contributed by atoms with Gasteiger partial charge >= 0.3 is 6.09 Å². The van der Waals surface area contributed by atoms with Crippen LogP contribution in [0.3, 0.4) is 0 Å². The van der Waals surface area contributed by atoms with Gasteiger partial charge in [0.1, 0.15) is 11.0 Å². The molecule has 5 rings (SSSR count). The van der Waals surface area contributed by atoms with E-state index in [1.54, 1.807) is 28.4 Å². The number of hydrogen-bond acceptors (Lipinski definition) is 5. The van der Waals surface area contributed by atoms with Gasteiger partial charge in [0.2, 0.25) is 5.91 Å². The molecule has 0 aliphatic carbocycles. The number of carbonyl (C=O) groups is 2. The summed E-state index contributed by atoms with van der Waals surface area (Å²) < 4.78 is 6.30. The molecule has 0 bridgehead atoms. The van der Waals surface area contributed by atoms with Gasteiger partial charge in [-0.25, -0.2) is 4.79 Å². The van der Waals surface area contributed by atoms with E-state index < -0.39 is 17.1 Å². The van der Waals surface area contributed by atoms with Crippen molar-refractivity contribution in [2.45, 2.75) is 38.3 Å². The first-order valence-corrected chi connectivity index (χ1v) is 11.7. The predicted octanol–water partition coefficient (Wildman–Crippen LogP) is 5.08. The molecule has 1 aromatic carbocycles. The van der Waals surface area contributed by atoms with Gasteiger partial charge in [-0.2, -0.15) is 0 Å². The van der Waals surface area contributed by atoms with E-state index in [4.69, 9.17) is 16.3 Å². The van der Waals surface area contributed by atoms with Crippen LogP contribution in [0.5, 0.6) is 0 Å². The second-order valence-electron chi connectivity index (χ2n) is 9.45. The first-order valence-electron chi connectivity index (χ1n) is 10.6. The lowest BCUT2D eigenvalue weighted by atomic mass is 9.75. The largest absolute Gasteiger partial charge is 0.444 e. The molecule has 2 amide bonds. The van der Waals surface area contributed by atoms with E-state index in [2.05, 4.69) is 25.9 Å². The number of anilines is 1. The molecule has 1 spiro atoms. The number of ether oxygens (including phenoxy) is 1. The Morgan fingerprint density at radius 3 is 2.73 bits per heavy atom. The number of nitrogens with zero attached hydrogens (tertiary/aromatic N) is 4. The number of hydrogen-bond donors (Lipinski definition) is 0. The predicted molar refractivity (Wildman–Crippen MR) is 129 cm³/mol. The third-order valence-corrected chi connectivity index (χ3v) is 7.12. The highest BCUT2D eigenvalue weighted by Crippen LogP contribution is 2.48. The van der Waals surface area contributed by atoms with E-state index in [1.165, 1.54) is 0 Å². The first kappa shape index (κ1) is 22.1. The van der Waals surface area contributed by atoms with Gasteiger partial charge in [0.25, 0.3) is 0 Å². The van der Waals surface area contributed by atoms with Crippen LogP contribution in [0.25, 0.3) is 10.8 Å². The molecular weight excluding hydrogens is 508 g/mol. The molecule has 2 aliphatic rings. The zero-order chi connectivity index (χ0) is 23.5. The molecule has 0 saturated carbocycles. The Hall–Kier alpha value is -2.71. The highest BCUT2D eigenvalue weighted by Gasteiger charge is 2.60. The summed E-state index contributed by atoms with van der Waals surface area (Å²) in [5.74, 6) is -0.0600. The van der Waals surface area contributed by atoms with Crippen molar-refractivity contribution in [2.75, 3.05) is 18.0 Å². The van der Waals surface area contributed by atoms with Crippen LogP contribution in [0.4, 0.5) is 10.5 Å². The summed E-state index contributed by atoms with van der Waals surface area (Å²) in [6.45, 7) is 6.31. The molecule has 2 aliphatic heterocycles. The van der Waals surface area contributed by atoms with Crippen LogP contribution in [-0.2, 0) is 21.5 Å². The van der Waals surface area contributed by atoms with Crippen molar-refractivity contribution in [3.05, 3.63) is 63.6 Å². The van der Waals surface area contributed by atoms with E-state index in [1.807, 2.05) is 45.0 Å². The monoisotopic (exact) mass is 528 g/mol. The molecule has 3 aromatic rings. The molecule has 2 aromatic heterocycles. The van der Waals surface area contributed by atoms with Crippen LogP contribution in [0.15, 0.2) is 47.3 Å². The molecule has 0 atom stereocenters. The quantitative estimate of drug-likeness (QED) is 0.463. The molecular formula is C24H22BrClN4O3. The molecule has 0 N–H and O–H groups in total. The number of benzene rings is 1. The Bertz CT molecular complexity index is 1300. The highest BCUT2D eigenvalue weighted by molar-refractivity contribution is 9.10. The number of carbonyl (C=O) groups excluding carboxylic acids is 2. The maximum Gasteiger partial charge on any atom is 0.410 e. The van der Waals surface area contributed by atoms with Crippen molar-refractivity contribution in [2.24, 2.45) is 0 Å². The van der Waals surface area contributed by atoms with Gasteiger partial charge in [-0.3, -0.25) is 14.8 Å². The van der Waals surface area contributed by atoms with E-state index in [-0.39, 0.29) is 25.5 Å². The molecule has 1 saturated heterocycles. The van der Waals surface area contributed by atoms with E-state index >= 15 is 0 Å². The SMILES string of the molecule is CC(C)(C)OC(=O)N1CC2(C1)C(=O)N(Cc1ncc3cc(Cl)ccc3c1Br)c1cnccc12. The van der Waals surface area contributed by atoms with Crippen molar-refractivity contribution in [3.63, 3.8) is 0 Å². The van der Waals surface area contributed by atoms with Gasteiger partial charge in [0.05, 0.1) is 24.1 Å². The summed E-state index contributed by atoms with van der Waals surface area (Å²) in [6, 6.07) is 7.48. The van der Waals surface area contributed by atoms with E-state index in [0.29, 0.717) is 5.02 Å². The maximum absolute atomic E-state index is 13.7. The van der Waals surface area contributed by atoms with Gasteiger partial charge in [-0.15, -0.1) is 0 Å². The summed E-state index contributed by atoms with van der Waals surface area (Å²) in [5, 5.41) is 2.52. The summed E-state index contributed by atoms with van der Waals surface area (Å²) in [7, 11) is 0. The minimum atomic E-state index is -0.786. The molecule has 1 fully saturated rings. The fourth-order valence-electron chi connectivity index (χ4n) is 4.47. The van der Waals surface area contributed by atoms with Gasteiger partial charge < -0.3 is 14.5 Å². The van der Waals surface area contributed by atoms with Gasteiger partial charge in [-0.05, 0) is 65.8 Å². The minimum absolute atomic E-state index is 0.0600. The second kappa shape index (κ2) is 7.67. The molecule has 9 heteroatoms. The van der Waals surface area contributed by atoms with Crippen LogP contribution < -0.4 is 4.90 Å². The Labute approximate surface area is 204 Å². The Kier molecular flexibility index (Phi) is 5.14. The number of amides is 2. The standard InChI is InChI=1S/C24H22BrClN4O3/c1-23(2,3)33-22(32)29-12-24(13-29)17-6-7-27-10-19(17)30(21(24)31)11-18-20(25)16-5-4-15(26)8-14(16)9-28-18/h4-10H,11-13H2,1-3H3. The number of halogens is 2. The lowest BCUT2D eigenvalue weighted by Crippen LogP contribution is -2.65. The summed E-state index contributed by atoms with van der Waals surface area (Å²) in [5.41, 5.74) is 0.980. The van der Waals surface area contributed by atoms with Crippen molar-refractivity contribution in [1.29, 1.82) is 0 Å². The van der Waals surface area contributed by atoms with Crippen LogP contribution >= 0.6 is 27.5 Å². The average molecular weight is 530 g/mol. The van der Waals surface area contributed by atoms with Gasteiger partial charge in [0.15, 0.2) is 0 Å². The van der Waals surface area contributed by atoms with Crippen LogP contribution in [-0.4, -0.2) is 45.6 Å². The lowest BCUT2D eigenvalue weighted by molar-refractivity contribution is -0.129. The average Bonchev–Trinajstić information content (AvgIpc) is 2.96. The zero-order valence-corrected chi connectivity index (χ0v) is 20.8.